The molecule has 0 spiro atoms. The van der Waals surface area contributed by atoms with Gasteiger partial charge in [0, 0.05) is 11.4 Å². The molecule has 0 unspecified atom stereocenters. The molecule has 0 saturated heterocycles. The normalized spacial score (nSPS) is 11.0. The molecule has 4 aromatic rings. The second kappa shape index (κ2) is 5.78. The second-order valence-corrected chi connectivity index (χ2v) is 5.47. The first-order chi connectivity index (χ1) is 12.1. The number of aromatic nitrogens is 7. The fourth-order valence-corrected chi connectivity index (χ4v) is 2.52. The average molecular weight is 335 g/mol. The monoisotopic (exact) mass is 335 g/mol. The zero-order valence-corrected chi connectivity index (χ0v) is 13.5. The van der Waals surface area contributed by atoms with Gasteiger partial charge in [0.25, 0.3) is 0 Å². The van der Waals surface area contributed by atoms with Crippen LogP contribution in [0.2, 0.25) is 0 Å². The Labute approximate surface area is 141 Å². The molecule has 3 aromatic heterocycles. The van der Waals surface area contributed by atoms with Crippen molar-refractivity contribution in [2.24, 2.45) is 0 Å². The van der Waals surface area contributed by atoms with E-state index in [1.54, 1.807) is 28.8 Å². The van der Waals surface area contributed by atoms with Crippen molar-refractivity contribution in [1.82, 2.24) is 34.8 Å². The zero-order chi connectivity index (χ0) is 17.4. The molecule has 3 heterocycles. The van der Waals surface area contributed by atoms with Crippen LogP contribution in [-0.2, 0) is 0 Å². The molecule has 124 valence electrons. The van der Waals surface area contributed by atoms with Gasteiger partial charge in [-0.05, 0) is 54.6 Å². The lowest BCUT2D eigenvalue weighted by atomic mass is 10.3. The summed E-state index contributed by atoms with van der Waals surface area (Å²) < 4.78 is 8.55. The minimum Gasteiger partial charge on any atom is -0.423 e. The number of benzene rings is 1. The summed E-state index contributed by atoms with van der Waals surface area (Å²) in [7, 11) is 0. The summed E-state index contributed by atoms with van der Waals surface area (Å²) in [6.45, 7) is 3.77. The van der Waals surface area contributed by atoms with E-state index in [-0.39, 0.29) is 0 Å². The van der Waals surface area contributed by atoms with E-state index in [0.717, 1.165) is 17.1 Å². The van der Waals surface area contributed by atoms with Crippen molar-refractivity contribution in [3.63, 3.8) is 0 Å². The number of esters is 1. The first-order valence-corrected chi connectivity index (χ1v) is 7.49. The molecule has 1 aromatic carbocycles. The summed E-state index contributed by atoms with van der Waals surface area (Å²) >= 11 is 0. The lowest BCUT2D eigenvalue weighted by Crippen LogP contribution is -2.09. The standard InChI is InChI=1S/C16H13N7O2/c1-10-7-11(2)23-15(19-10)14(8-18-23)16(24)25-13-5-3-12(4-6-13)22-9-17-20-21-22/h3-9H,1-2H3. The minimum atomic E-state index is -0.511. The highest BCUT2D eigenvalue weighted by atomic mass is 16.5. The van der Waals surface area contributed by atoms with Gasteiger partial charge in [0.05, 0.1) is 11.9 Å². The van der Waals surface area contributed by atoms with Gasteiger partial charge in [-0.1, -0.05) is 0 Å². The molecular formula is C16H13N7O2. The first kappa shape index (κ1) is 14.9. The van der Waals surface area contributed by atoms with E-state index < -0.39 is 5.97 Å². The summed E-state index contributed by atoms with van der Waals surface area (Å²) in [5, 5.41) is 15.1. The highest BCUT2D eigenvalue weighted by molar-refractivity contribution is 5.96. The molecule has 0 atom stereocenters. The summed E-state index contributed by atoms with van der Waals surface area (Å²) in [5.41, 5.74) is 3.26. The first-order valence-electron chi connectivity index (χ1n) is 7.49. The van der Waals surface area contributed by atoms with Crippen LogP contribution >= 0.6 is 0 Å². The molecule has 0 N–H and O–H groups in total. The minimum absolute atomic E-state index is 0.316. The lowest BCUT2D eigenvalue weighted by Gasteiger charge is -2.05. The Balaban J connectivity index is 1.60. The highest BCUT2D eigenvalue weighted by Gasteiger charge is 2.17. The molecule has 9 heteroatoms. The Morgan fingerprint density at radius 3 is 2.68 bits per heavy atom. The second-order valence-electron chi connectivity index (χ2n) is 5.47. The van der Waals surface area contributed by atoms with Crippen molar-refractivity contribution in [2.75, 3.05) is 0 Å². The van der Waals surface area contributed by atoms with Crippen molar-refractivity contribution < 1.29 is 9.53 Å². The molecule has 0 aliphatic rings. The maximum absolute atomic E-state index is 12.5. The van der Waals surface area contributed by atoms with Gasteiger partial charge in [-0.2, -0.15) is 5.10 Å². The molecule has 0 saturated carbocycles. The Bertz CT molecular complexity index is 1050. The van der Waals surface area contributed by atoms with Crippen molar-refractivity contribution in [3.05, 3.63) is 59.8 Å². The van der Waals surface area contributed by atoms with Crippen molar-refractivity contribution >= 4 is 11.6 Å². The number of nitrogens with zero attached hydrogens (tertiary/aromatic N) is 7. The third kappa shape index (κ3) is 2.71. The Morgan fingerprint density at radius 2 is 1.96 bits per heavy atom. The van der Waals surface area contributed by atoms with E-state index in [1.165, 1.54) is 17.2 Å². The fraction of sp³-hybridized carbons (Fsp3) is 0.125. The summed E-state index contributed by atoms with van der Waals surface area (Å²) in [4.78, 5) is 16.9. The van der Waals surface area contributed by atoms with Gasteiger partial charge in [-0.15, -0.1) is 5.10 Å². The third-order valence-corrected chi connectivity index (χ3v) is 3.66. The SMILES string of the molecule is Cc1cc(C)n2ncc(C(=O)Oc3ccc(-n4cnnn4)cc3)c2n1. The molecule has 0 radical (unpaired) electrons. The van der Waals surface area contributed by atoms with E-state index in [2.05, 4.69) is 25.6 Å². The fourth-order valence-electron chi connectivity index (χ4n) is 2.52. The largest absolute Gasteiger partial charge is 0.423 e. The van der Waals surface area contributed by atoms with Crippen molar-refractivity contribution in [2.45, 2.75) is 13.8 Å². The zero-order valence-electron chi connectivity index (χ0n) is 13.5. The van der Waals surface area contributed by atoms with Crippen LogP contribution in [0.4, 0.5) is 0 Å². The molecule has 0 fully saturated rings. The predicted octanol–water partition coefficient (Wildman–Crippen LogP) is 1.54. The van der Waals surface area contributed by atoms with E-state index in [4.69, 9.17) is 4.74 Å². The Hall–Kier alpha value is -3.62. The molecule has 25 heavy (non-hydrogen) atoms. The van der Waals surface area contributed by atoms with Crippen LogP contribution in [0.1, 0.15) is 21.7 Å². The van der Waals surface area contributed by atoms with Crippen LogP contribution in [0.3, 0.4) is 0 Å². The van der Waals surface area contributed by atoms with Gasteiger partial charge in [-0.25, -0.2) is 19.0 Å². The van der Waals surface area contributed by atoms with Crippen molar-refractivity contribution in [3.8, 4) is 11.4 Å². The van der Waals surface area contributed by atoms with Gasteiger partial charge in [-0.3, -0.25) is 0 Å². The Morgan fingerprint density at radius 1 is 1.16 bits per heavy atom. The Kier molecular flexibility index (Phi) is 3.46. The van der Waals surface area contributed by atoms with Crippen LogP contribution < -0.4 is 4.74 Å². The maximum atomic E-state index is 12.5. The van der Waals surface area contributed by atoms with Crippen LogP contribution in [0.25, 0.3) is 11.3 Å². The topological polar surface area (TPSA) is 100 Å². The molecule has 4 rings (SSSR count). The van der Waals surface area contributed by atoms with Gasteiger partial charge >= 0.3 is 5.97 Å². The van der Waals surface area contributed by atoms with E-state index in [0.29, 0.717) is 17.0 Å². The number of carbonyl (C=O) groups excluding carboxylic acids is 1. The van der Waals surface area contributed by atoms with Gasteiger partial charge in [0.2, 0.25) is 0 Å². The number of hydrogen-bond donors (Lipinski definition) is 0. The van der Waals surface area contributed by atoms with Crippen LogP contribution in [0.15, 0.2) is 42.9 Å². The van der Waals surface area contributed by atoms with Crippen LogP contribution in [0, 0.1) is 13.8 Å². The smallest absolute Gasteiger partial charge is 0.349 e. The molecule has 0 aliphatic heterocycles. The summed E-state index contributed by atoms with van der Waals surface area (Å²) in [6.07, 6.45) is 2.95. The summed E-state index contributed by atoms with van der Waals surface area (Å²) in [6, 6.07) is 8.74. The molecule has 0 bridgehead atoms. The number of rotatable bonds is 3. The summed E-state index contributed by atoms with van der Waals surface area (Å²) in [5.74, 6) is -0.103. The maximum Gasteiger partial charge on any atom is 0.349 e. The van der Waals surface area contributed by atoms with E-state index in [9.17, 15) is 4.79 Å². The molecule has 0 aliphatic carbocycles. The molecule has 0 amide bonds. The number of fused-ring (bicyclic) bond motifs is 1. The number of carbonyl (C=O) groups is 1. The third-order valence-electron chi connectivity index (χ3n) is 3.66. The van der Waals surface area contributed by atoms with E-state index >= 15 is 0 Å². The number of hydrogen-bond acceptors (Lipinski definition) is 7. The number of aryl methyl sites for hydroxylation is 2. The molecular weight excluding hydrogens is 322 g/mol. The predicted molar refractivity (Wildman–Crippen MR) is 86.6 cm³/mol. The van der Waals surface area contributed by atoms with E-state index in [1.807, 2.05) is 19.9 Å². The lowest BCUT2D eigenvalue weighted by molar-refractivity contribution is 0.0736. The highest BCUT2D eigenvalue weighted by Crippen LogP contribution is 2.18. The molecule has 9 nitrogen and oxygen atoms in total. The average Bonchev–Trinajstić information content (AvgIpc) is 3.25. The quantitative estimate of drug-likeness (QED) is 0.413. The van der Waals surface area contributed by atoms with Gasteiger partial charge in [0.1, 0.15) is 17.6 Å². The van der Waals surface area contributed by atoms with Crippen LogP contribution in [0.5, 0.6) is 5.75 Å². The van der Waals surface area contributed by atoms with Crippen LogP contribution in [-0.4, -0.2) is 40.8 Å². The van der Waals surface area contributed by atoms with Gasteiger partial charge in [0.15, 0.2) is 5.65 Å². The van der Waals surface area contributed by atoms with Crippen molar-refractivity contribution in [1.29, 1.82) is 0 Å². The number of tetrazole rings is 1. The van der Waals surface area contributed by atoms with Gasteiger partial charge < -0.3 is 4.74 Å². The number of ether oxygens (including phenoxy) is 1.